The first kappa shape index (κ1) is 17.3. The van der Waals surface area contributed by atoms with Crippen molar-refractivity contribution in [3.63, 3.8) is 0 Å². The smallest absolute Gasteiger partial charge is 0.188 e. The van der Waals surface area contributed by atoms with Crippen LogP contribution in [-0.2, 0) is 6.42 Å². The number of nitrogens with zero attached hydrogens (tertiary/aromatic N) is 1. The standard InChI is InChI=1S/C17H29N3O/c1-4-12-21-16-7-5-6-15(13-16)9-11-20-17(18)19-10-8-14(2)3/h5-7,13-14H,4,8-12H2,1-3H3,(H3,18,19,20). The van der Waals surface area contributed by atoms with Gasteiger partial charge in [-0.25, -0.2) is 0 Å². The Balaban J connectivity index is 2.31. The van der Waals surface area contributed by atoms with E-state index in [-0.39, 0.29) is 0 Å². The lowest BCUT2D eigenvalue weighted by atomic mass is 10.1. The zero-order valence-electron chi connectivity index (χ0n) is 13.6. The van der Waals surface area contributed by atoms with E-state index >= 15 is 0 Å². The molecule has 0 saturated carbocycles. The first-order valence-corrected chi connectivity index (χ1v) is 7.87. The van der Waals surface area contributed by atoms with Gasteiger partial charge < -0.3 is 15.8 Å². The van der Waals surface area contributed by atoms with E-state index in [4.69, 9.17) is 10.5 Å². The molecule has 0 aliphatic carbocycles. The molecule has 0 bridgehead atoms. The molecule has 0 amide bonds. The summed E-state index contributed by atoms with van der Waals surface area (Å²) in [5, 5.41) is 3.15. The summed E-state index contributed by atoms with van der Waals surface area (Å²) in [6, 6.07) is 8.21. The van der Waals surface area contributed by atoms with E-state index in [0.29, 0.717) is 11.9 Å². The minimum Gasteiger partial charge on any atom is -0.494 e. The third kappa shape index (κ3) is 8.23. The van der Waals surface area contributed by atoms with Crippen LogP contribution in [0.25, 0.3) is 0 Å². The number of guanidine groups is 1. The summed E-state index contributed by atoms with van der Waals surface area (Å²) < 4.78 is 5.63. The SMILES string of the molecule is CCCOc1cccc(CCNC(N)=NCCC(C)C)c1. The molecule has 0 aromatic heterocycles. The van der Waals surface area contributed by atoms with Gasteiger partial charge >= 0.3 is 0 Å². The third-order valence-electron chi connectivity index (χ3n) is 3.08. The zero-order valence-corrected chi connectivity index (χ0v) is 13.6. The van der Waals surface area contributed by atoms with Gasteiger partial charge in [0.25, 0.3) is 0 Å². The Kier molecular flexibility index (Phi) is 8.32. The van der Waals surface area contributed by atoms with Gasteiger partial charge in [-0.15, -0.1) is 0 Å². The van der Waals surface area contributed by atoms with Crippen molar-refractivity contribution < 1.29 is 4.74 Å². The van der Waals surface area contributed by atoms with E-state index in [0.717, 1.165) is 44.7 Å². The number of aliphatic imine (C=N–C) groups is 1. The minimum absolute atomic E-state index is 0.536. The molecule has 0 atom stereocenters. The molecule has 3 N–H and O–H groups in total. The number of benzene rings is 1. The largest absolute Gasteiger partial charge is 0.494 e. The van der Waals surface area contributed by atoms with E-state index in [1.807, 2.05) is 12.1 Å². The van der Waals surface area contributed by atoms with Crippen molar-refractivity contribution in [1.82, 2.24) is 5.32 Å². The van der Waals surface area contributed by atoms with Crippen LogP contribution in [0.15, 0.2) is 29.3 Å². The lowest BCUT2D eigenvalue weighted by Gasteiger charge is -2.08. The van der Waals surface area contributed by atoms with Crippen molar-refractivity contribution >= 4 is 5.96 Å². The molecular formula is C17H29N3O. The highest BCUT2D eigenvalue weighted by molar-refractivity contribution is 5.77. The Morgan fingerprint density at radius 2 is 2.19 bits per heavy atom. The molecule has 21 heavy (non-hydrogen) atoms. The van der Waals surface area contributed by atoms with Crippen LogP contribution in [0.4, 0.5) is 0 Å². The van der Waals surface area contributed by atoms with Crippen molar-refractivity contribution in [3.05, 3.63) is 29.8 Å². The average Bonchev–Trinajstić information content (AvgIpc) is 2.45. The number of nitrogens with one attached hydrogen (secondary N) is 1. The molecule has 1 rings (SSSR count). The van der Waals surface area contributed by atoms with Crippen LogP contribution in [0.2, 0.25) is 0 Å². The van der Waals surface area contributed by atoms with E-state index in [2.05, 4.69) is 43.2 Å². The van der Waals surface area contributed by atoms with Crippen LogP contribution < -0.4 is 15.8 Å². The highest BCUT2D eigenvalue weighted by atomic mass is 16.5. The van der Waals surface area contributed by atoms with Crippen LogP contribution in [0.5, 0.6) is 5.75 Å². The molecule has 0 aliphatic heterocycles. The van der Waals surface area contributed by atoms with Crippen LogP contribution in [-0.4, -0.2) is 25.7 Å². The second-order valence-electron chi connectivity index (χ2n) is 5.62. The minimum atomic E-state index is 0.536. The Morgan fingerprint density at radius 1 is 1.38 bits per heavy atom. The summed E-state index contributed by atoms with van der Waals surface area (Å²) in [4.78, 5) is 4.31. The number of hydrogen-bond acceptors (Lipinski definition) is 2. The monoisotopic (exact) mass is 291 g/mol. The van der Waals surface area contributed by atoms with Crippen molar-refractivity contribution in [2.45, 2.75) is 40.0 Å². The molecule has 0 aliphatic rings. The molecule has 1 aromatic rings. The van der Waals surface area contributed by atoms with Gasteiger partial charge in [-0.3, -0.25) is 4.99 Å². The van der Waals surface area contributed by atoms with Crippen LogP contribution in [0.1, 0.15) is 39.2 Å². The normalized spacial score (nSPS) is 11.7. The second-order valence-corrected chi connectivity index (χ2v) is 5.62. The van der Waals surface area contributed by atoms with E-state index in [1.165, 1.54) is 5.56 Å². The average molecular weight is 291 g/mol. The first-order chi connectivity index (χ1) is 10.1. The van der Waals surface area contributed by atoms with E-state index in [9.17, 15) is 0 Å². The maximum absolute atomic E-state index is 5.83. The van der Waals surface area contributed by atoms with Crippen LogP contribution in [0.3, 0.4) is 0 Å². The van der Waals surface area contributed by atoms with E-state index < -0.39 is 0 Å². The number of hydrogen-bond donors (Lipinski definition) is 2. The molecule has 0 unspecified atom stereocenters. The van der Waals surface area contributed by atoms with Gasteiger partial charge in [0, 0.05) is 13.1 Å². The lowest BCUT2D eigenvalue weighted by Crippen LogP contribution is -2.33. The Bertz CT molecular complexity index is 430. The van der Waals surface area contributed by atoms with Gasteiger partial charge in [-0.05, 0) is 42.9 Å². The summed E-state index contributed by atoms with van der Waals surface area (Å²) in [5.41, 5.74) is 7.08. The molecule has 0 radical (unpaired) electrons. The molecule has 1 aromatic carbocycles. The van der Waals surface area contributed by atoms with Gasteiger partial charge in [0.1, 0.15) is 5.75 Å². The third-order valence-corrected chi connectivity index (χ3v) is 3.08. The quantitative estimate of drug-likeness (QED) is 0.543. The Hall–Kier alpha value is -1.71. The fraction of sp³-hybridized carbons (Fsp3) is 0.588. The predicted molar refractivity (Wildman–Crippen MR) is 89.9 cm³/mol. The van der Waals surface area contributed by atoms with Gasteiger partial charge in [-0.1, -0.05) is 32.9 Å². The Labute approximate surface area is 128 Å². The maximum atomic E-state index is 5.83. The lowest BCUT2D eigenvalue weighted by molar-refractivity contribution is 0.317. The van der Waals surface area contributed by atoms with Crippen LogP contribution in [0, 0.1) is 5.92 Å². The summed E-state index contributed by atoms with van der Waals surface area (Å²) in [7, 11) is 0. The van der Waals surface area contributed by atoms with E-state index in [1.54, 1.807) is 0 Å². The van der Waals surface area contributed by atoms with Crippen molar-refractivity contribution in [1.29, 1.82) is 0 Å². The summed E-state index contributed by atoms with van der Waals surface area (Å²) in [6.07, 6.45) is 3.00. The fourth-order valence-electron chi connectivity index (χ4n) is 1.84. The molecular weight excluding hydrogens is 262 g/mol. The molecule has 0 heterocycles. The summed E-state index contributed by atoms with van der Waals surface area (Å²) in [5.74, 6) is 2.13. The maximum Gasteiger partial charge on any atom is 0.188 e. The zero-order chi connectivity index (χ0) is 15.5. The number of nitrogens with two attached hydrogens (primary N) is 1. The second kappa shape index (κ2) is 10.1. The highest BCUT2D eigenvalue weighted by Crippen LogP contribution is 2.13. The molecule has 0 fully saturated rings. The molecule has 118 valence electrons. The summed E-state index contributed by atoms with van der Waals surface area (Å²) in [6.45, 7) is 8.82. The van der Waals surface area contributed by atoms with Gasteiger partial charge in [-0.2, -0.15) is 0 Å². The molecule has 4 heteroatoms. The van der Waals surface area contributed by atoms with Crippen molar-refractivity contribution in [2.24, 2.45) is 16.6 Å². The van der Waals surface area contributed by atoms with Gasteiger partial charge in [0.05, 0.1) is 6.61 Å². The van der Waals surface area contributed by atoms with Crippen molar-refractivity contribution in [2.75, 3.05) is 19.7 Å². The number of ether oxygens (including phenoxy) is 1. The van der Waals surface area contributed by atoms with Gasteiger partial charge in [0.15, 0.2) is 5.96 Å². The fourth-order valence-corrected chi connectivity index (χ4v) is 1.84. The number of rotatable bonds is 9. The molecule has 0 saturated heterocycles. The van der Waals surface area contributed by atoms with Crippen molar-refractivity contribution in [3.8, 4) is 5.75 Å². The molecule has 0 spiro atoms. The van der Waals surface area contributed by atoms with Gasteiger partial charge in [0.2, 0.25) is 0 Å². The summed E-state index contributed by atoms with van der Waals surface area (Å²) >= 11 is 0. The highest BCUT2D eigenvalue weighted by Gasteiger charge is 1.98. The Morgan fingerprint density at radius 3 is 2.90 bits per heavy atom. The van der Waals surface area contributed by atoms with Crippen LogP contribution >= 0.6 is 0 Å². The molecule has 4 nitrogen and oxygen atoms in total. The first-order valence-electron chi connectivity index (χ1n) is 7.87. The predicted octanol–water partition coefficient (Wildman–Crippen LogP) is 2.97. The topological polar surface area (TPSA) is 59.6 Å².